The van der Waals surface area contributed by atoms with Crippen LogP contribution in [-0.4, -0.2) is 31.7 Å². The highest BCUT2D eigenvalue weighted by Gasteiger charge is 2.54. The number of benzene rings is 4. The van der Waals surface area contributed by atoms with E-state index < -0.39 is 8.07 Å². The molecule has 1 aromatic heterocycles. The zero-order valence-corrected chi connectivity index (χ0v) is 28.6. The first-order valence-corrected chi connectivity index (χ1v) is 18.9. The van der Waals surface area contributed by atoms with E-state index in [2.05, 4.69) is 157 Å². The first-order valence-electron chi connectivity index (χ1n) is 16.9. The van der Waals surface area contributed by atoms with Gasteiger partial charge in [-0.15, -0.1) is 0 Å². The van der Waals surface area contributed by atoms with E-state index in [0.29, 0.717) is 0 Å². The van der Waals surface area contributed by atoms with Gasteiger partial charge in [-0.1, -0.05) is 80.6 Å². The van der Waals surface area contributed by atoms with Crippen molar-refractivity contribution in [3.05, 3.63) is 156 Å². The first kappa shape index (κ1) is 28.9. The van der Waals surface area contributed by atoms with Gasteiger partial charge in [-0.25, -0.2) is 0 Å². The van der Waals surface area contributed by atoms with E-state index in [1.165, 1.54) is 32.0 Å². The van der Waals surface area contributed by atoms with Gasteiger partial charge in [0.2, 0.25) is 8.07 Å². The molecule has 1 atom stereocenters. The molecule has 6 heteroatoms. The van der Waals surface area contributed by atoms with E-state index >= 15 is 0 Å². The monoisotopic (exact) mass is 642 g/mol. The molecule has 0 bridgehead atoms. The summed E-state index contributed by atoms with van der Waals surface area (Å²) < 4.78 is 6.67. The van der Waals surface area contributed by atoms with Crippen molar-refractivity contribution in [3.8, 4) is 11.5 Å². The SMILES string of the molecule is CN1C=CN(c2cccc(N3c4ccccc4Oc4ccc([Si]5(c6ccccn6)C6=CCCC=C6C(C)(C)c6ccccc65)cc43)c2)C1. The number of aromatic nitrogens is 1. The normalized spacial score (nSPS) is 20.2. The molecule has 1 aliphatic carbocycles. The molecule has 0 N–H and O–H groups in total. The summed E-state index contributed by atoms with van der Waals surface area (Å²) in [7, 11) is -0.749. The van der Waals surface area contributed by atoms with Crippen LogP contribution >= 0.6 is 0 Å². The van der Waals surface area contributed by atoms with Crippen molar-refractivity contribution in [2.24, 2.45) is 0 Å². The Bertz CT molecular complexity index is 2170. The van der Waals surface area contributed by atoms with E-state index in [0.717, 1.165) is 53.8 Å². The topological polar surface area (TPSA) is 31.8 Å². The van der Waals surface area contributed by atoms with E-state index in [1.54, 1.807) is 0 Å². The lowest BCUT2D eigenvalue weighted by Crippen LogP contribution is -2.73. The lowest BCUT2D eigenvalue weighted by Gasteiger charge is -2.49. The largest absolute Gasteiger partial charge is 0.453 e. The highest BCUT2D eigenvalue weighted by Crippen LogP contribution is 2.51. The van der Waals surface area contributed by atoms with E-state index in [9.17, 15) is 0 Å². The quantitative estimate of drug-likeness (QED) is 0.183. The summed E-state index contributed by atoms with van der Waals surface area (Å²) in [6.07, 6.45) is 13.4. The van der Waals surface area contributed by atoms with Gasteiger partial charge in [0.15, 0.2) is 11.5 Å². The van der Waals surface area contributed by atoms with Crippen molar-refractivity contribution in [2.75, 3.05) is 23.5 Å². The number of hydrogen-bond acceptors (Lipinski definition) is 5. The molecule has 0 spiro atoms. The summed E-state index contributed by atoms with van der Waals surface area (Å²) in [5.41, 5.74) is 7.08. The Balaban J connectivity index is 1.31. The maximum absolute atomic E-state index is 6.67. The Morgan fingerprint density at radius 1 is 0.729 bits per heavy atom. The summed E-state index contributed by atoms with van der Waals surface area (Å²) in [6.45, 7) is 5.61. The minimum Gasteiger partial charge on any atom is -0.453 e. The lowest BCUT2D eigenvalue weighted by molar-refractivity contribution is 0.477. The van der Waals surface area contributed by atoms with Crippen LogP contribution in [0, 0.1) is 0 Å². The van der Waals surface area contributed by atoms with Crippen molar-refractivity contribution in [1.29, 1.82) is 0 Å². The van der Waals surface area contributed by atoms with Crippen molar-refractivity contribution in [3.63, 3.8) is 0 Å². The molecule has 0 saturated carbocycles. The van der Waals surface area contributed by atoms with Crippen LogP contribution < -0.4 is 30.2 Å². The summed E-state index contributed by atoms with van der Waals surface area (Å²) in [5.74, 6) is 1.71. The number of nitrogens with zero attached hydrogens (tertiary/aromatic N) is 4. The van der Waals surface area contributed by atoms with E-state index in [1.807, 2.05) is 18.3 Å². The first-order chi connectivity index (χ1) is 23.5. The predicted octanol–water partition coefficient (Wildman–Crippen LogP) is 7.78. The number of allylic oxidation sites excluding steroid dienone is 4. The van der Waals surface area contributed by atoms with Crippen molar-refractivity contribution in [2.45, 2.75) is 32.1 Å². The van der Waals surface area contributed by atoms with Crippen LogP contribution in [0.25, 0.3) is 0 Å². The van der Waals surface area contributed by atoms with Crippen LogP contribution in [0.2, 0.25) is 0 Å². The van der Waals surface area contributed by atoms with Gasteiger partial charge in [0.25, 0.3) is 0 Å². The summed E-state index contributed by atoms with van der Waals surface area (Å²) in [5, 5.41) is 5.39. The highest BCUT2D eigenvalue weighted by atomic mass is 28.3. The highest BCUT2D eigenvalue weighted by molar-refractivity contribution is 7.16. The fraction of sp³-hybridized carbons (Fsp3) is 0.167. The molecule has 0 saturated heterocycles. The van der Waals surface area contributed by atoms with E-state index in [4.69, 9.17) is 9.72 Å². The Labute approximate surface area is 283 Å². The van der Waals surface area contributed by atoms with Gasteiger partial charge < -0.3 is 19.4 Å². The Kier molecular flexibility index (Phi) is 6.53. The molecule has 0 amide bonds. The number of fused-ring (bicyclic) bond motifs is 4. The molecular weight excluding hydrogens is 605 g/mol. The van der Waals surface area contributed by atoms with Gasteiger partial charge >= 0.3 is 0 Å². The smallest absolute Gasteiger partial charge is 0.202 e. The van der Waals surface area contributed by atoms with Crippen LogP contribution in [-0.2, 0) is 5.41 Å². The molecule has 5 nitrogen and oxygen atoms in total. The molecule has 4 heterocycles. The standard InChI is InChI=1S/C42H38N4OSi/c1-42(2)33-15-4-8-19-39(33)48(41-21-10-11-24-43-41,40-20-9-5-16-34(40)42)32-22-23-38-36(28-32)46(35-17-6-7-18-37(35)47-38)31-14-12-13-30(27-31)45-26-25-44(3)29-45/h4,6-8,10-28H,5,9,29H2,1-3H3. The van der Waals surface area contributed by atoms with Crippen LogP contribution in [0.1, 0.15) is 32.3 Å². The summed E-state index contributed by atoms with van der Waals surface area (Å²) in [4.78, 5) is 12.1. The average molecular weight is 643 g/mol. The molecule has 4 aliphatic rings. The molecule has 1 unspecified atom stereocenters. The van der Waals surface area contributed by atoms with Crippen molar-refractivity contribution in [1.82, 2.24) is 9.88 Å². The zero-order valence-electron chi connectivity index (χ0n) is 27.6. The molecule has 48 heavy (non-hydrogen) atoms. The van der Waals surface area contributed by atoms with Gasteiger partial charge in [0.05, 0.1) is 18.0 Å². The second-order valence-corrected chi connectivity index (χ2v) is 17.4. The molecule has 9 rings (SSSR count). The lowest BCUT2D eigenvalue weighted by atomic mass is 9.75. The van der Waals surface area contributed by atoms with E-state index in [-0.39, 0.29) is 5.41 Å². The molecule has 5 aromatic rings. The third-order valence-corrected chi connectivity index (χ3v) is 15.3. The minimum atomic E-state index is -2.85. The summed E-state index contributed by atoms with van der Waals surface area (Å²) in [6, 6.07) is 39.8. The molecule has 0 radical (unpaired) electrons. The number of rotatable bonds is 4. The number of hydrogen-bond donors (Lipinski definition) is 0. The van der Waals surface area contributed by atoms with Crippen LogP contribution in [0.4, 0.5) is 22.7 Å². The van der Waals surface area contributed by atoms with Gasteiger partial charge in [-0.2, -0.15) is 0 Å². The van der Waals surface area contributed by atoms with Gasteiger partial charge in [-0.3, -0.25) is 4.98 Å². The fourth-order valence-corrected chi connectivity index (χ4v) is 13.8. The minimum absolute atomic E-state index is 0.102. The molecule has 0 fully saturated rings. The summed E-state index contributed by atoms with van der Waals surface area (Å²) >= 11 is 0. The molecule has 3 aliphatic heterocycles. The number of pyridine rings is 1. The van der Waals surface area contributed by atoms with Crippen LogP contribution in [0.15, 0.2) is 151 Å². The third-order valence-electron chi connectivity index (χ3n) is 10.5. The van der Waals surface area contributed by atoms with Gasteiger partial charge in [0, 0.05) is 47.8 Å². The molecule has 4 aromatic carbocycles. The van der Waals surface area contributed by atoms with Gasteiger partial charge in [0.1, 0.15) is 0 Å². The predicted molar refractivity (Wildman–Crippen MR) is 199 cm³/mol. The average Bonchev–Trinajstić information content (AvgIpc) is 3.58. The molecule has 236 valence electrons. The Hall–Kier alpha value is -5.33. The second-order valence-electron chi connectivity index (χ2n) is 13.7. The number of ether oxygens (including phenoxy) is 1. The Morgan fingerprint density at radius 3 is 2.38 bits per heavy atom. The van der Waals surface area contributed by atoms with Crippen LogP contribution in [0.5, 0.6) is 11.5 Å². The van der Waals surface area contributed by atoms with Crippen molar-refractivity contribution < 1.29 is 4.74 Å². The second kappa shape index (κ2) is 10.9. The zero-order chi connectivity index (χ0) is 32.5. The van der Waals surface area contributed by atoms with Crippen molar-refractivity contribution >= 4 is 46.5 Å². The van der Waals surface area contributed by atoms with Crippen LogP contribution in [0.3, 0.4) is 0 Å². The Morgan fingerprint density at radius 2 is 1.52 bits per heavy atom. The molecular formula is C42H38N4OSi. The maximum atomic E-state index is 6.67. The third kappa shape index (κ3) is 4.18. The number of anilines is 4. The fourth-order valence-electron chi connectivity index (χ4n) is 8.36. The van der Waals surface area contributed by atoms with Gasteiger partial charge in [-0.05, 0) is 94.1 Å². The maximum Gasteiger partial charge on any atom is 0.202 e. The number of para-hydroxylation sites is 2.